The highest BCUT2D eigenvalue weighted by Gasteiger charge is 2.32. The van der Waals surface area contributed by atoms with Crippen LogP contribution in [0, 0.1) is 5.92 Å². The van der Waals surface area contributed by atoms with E-state index in [9.17, 15) is 4.79 Å². The predicted octanol–water partition coefficient (Wildman–Crippen LogP) is 6.90. The van der Waals surface area contributed by atoms with Crippen LogP contribution in [0.3, 0.4) is 0 Å². The zero-order valence-electron chi connectivity index (χ0n) is 24.1. The Morgan fingerprint density at radius 3 is 2.33 bits per heavy atom. The summed E-state index contributed by atoms with van der Waals surface area (Å²) in [5, 5.41) is 0. The molecule has 1 aliphatic carbocycles. The molecule has 0 spiro atoms. The average Bonchev–Trinajstić information content (AvgIpc) is 3.00. The van der Waals surface area contributed by atoms with E-state index < -0.39 is 0 Å². The highest BCUT2D eigenvalue weighted by molar-refractivity contribution is 6.05. The summed E-state index contributed by atoms with van der Waals surface area (Å²) in [7, 11) is 0. The molecule has 0 aromatic heterocycles. The van der Waals surface area contributed by atoms with Gasteiger partial charge < -0.3 is 14.5 Å². The van der Waals surface area contributed by atoms with Crippen molar-refractivity contribution in [2.75, 3.05) is 44.2 Å². The normalized spacial score (nSPS) is 24.2. The lowest BCUT2D eigenvalue weighted by Crippen LogP contribution is -2.47. The molecular formula is C35H45N3O2. The third kappa shape index (κ3) is 7.45. The van der Waals surface area contributed by atoms with E-state index in [0.29, 0.717) is 18.3 Å². The molecule has 5 nitrogen and oxygen atoms in total. The van der Waals surface area contributed by atoms with Gasteiger partial charge >= 0.3 is 0 Å². The molecule has 2 fully saturated rings. The van der Waals surface area contributed by atoms with Crippen LogP contribution in [-0.4, -0.2) is 61.1 Å². The molecule has 2 aromatic carbocycles. The minimum Gasteiger partial charge on any atom is -0.486 e. The number of ether oxygens (including phenoxy) is 1. The Morgan fingerprint density at radius 1 is 0.900 bits per heavy atom. The second-order valence-electron chi connectivity index (χ2n) is 11.5. The quantitative estimate of drug-likeness (QED) is 0.347. The van der Waals surface area contributed by atoms with E-state index >= 15 is 0 Å². The van der Waals surface area contributed by atoms with Crippen LogP contribution in [0.25, 0.3) is 6.08 Å². The summed E-state index contributed by atoms with van der Waals surface area (Å²) in [6.45, 7) is 7.33. The zero-order valence-corrected chi connectivity index (χ0v) is 24.1. The van der Waals surface area contributed by atoms with E-state index in [1.165, 1.54) is 37.7 Å². The van der Waals surface area contributed by atoms with Crippen LogP contribution >= 0.6 is 0 Å². The van der Waals surface area contributed by atoms with Crippen LogP contribution in [0.1, 0.15) is 57.4 Å². The zero-order chi connectivity index (χ0) is 27.6. The molecule has 5 heteroatoms. The van der Waals surface area contributed by atoms with Gasteiger partial charge in [-0.25, -0.2) is 0 Å². The van der Waals surface area contributed by atoms with Gasteiger partial charge in [-0.15, -0.1) is 0 Å². The number of piperazine rings is 1. The number of anilines is 1. The number of para-hydroxylation sites is 1. The standard InChI is InChI=1S/C35H45N3O2/c1-29-13-11-21-33(37-26-24-36(25-27-37)23-12-18-30-14-5-2-6-15-30)34(40-28-22-31-16-7-3-8-17-31)35(39)38(29)32-19-9-4-10-20-32/h2,4-6,9-12,14-15,18-21,29,31H,3,7-8,13,16-17,22-28H2,1H3/b18-12+,21-11+,34-33-. The third-order valence-electron chi connectivity index (χ3n) is 8.56. The molecule has 0 radical (unpaired) electrons. The molecule has 40 heavy (non-hydrogen) atoms. The van der Waals surface area contributed by atoms with E-state index in [4.69, 9.17) is 4.74 Å². The summed E-state index contributed by atoms with van der Waals surface area (Å²) in [4.78, 5) is 21.0. The van der Waals surface area contributed by atoms with Crippen molar-refractivity contribution in [2.24, 2.45) is 5.92 Å². The Kier molecular flexibility index (Phi) is 10.1. The first kappa shape index (κ1) is 28.2. The molecule has 5 rings (SSSR count). The van der Waals surface area contributed by atoms with E-state index in [-0.39, 0.29) is 11.9 Å². The first-order valence-electron chi connectivity index (χ1n) is 15.3. The van der Waals surface area contributed by atoms with Gasteiger partial charge in [-0.1, -0.05) is 98.9 Å². The molecule has 1 saturated carbocycles. The molecule has 1 saturated heterocycles. The molecule has 0 N–H and O–H groups in total. The number of allylic oxidation sites excluding steroid dienone is 1. The van der Waals surface area contributed by atoms with Gasteiger partial charge in [-0.3, -0.25) is 9.69 Å². The van der Waals surface area contributed by atoms with Crippen LogP contribution in [0.15, 0.2) is 90.3 Å². The van der Waals surface area contributed by atoms with E-state index in [0.717, 1.165) is 56.9 Å². The largest absolute Gasteiger partial charge is 0.486 e. The molecule has 1 amide bonds. The first-order valence-corrected chi connectivity index (χ1v) is 15.3. The second-order valence-corrected chi connectivity index (χ2v) is 11.5. The van der Waals surface area contributed by atoms with Crippen molar-refractivity contribution in [1.29, 1.82) is 0 Å². The van der Waals surface area contributed by atoms with E-state index in [2.05, 4.69) is 65.3 Å². The molecule has 212 valence electrons. The van der Waals surface area contributed by atoms with Crippen molar-refractivity contribution in [3.8, 4) is 0 Å². The van der Waals surface area contributed by atoms with Gasteiger partial charge in [0.1, 0.15) is 0 Å². The van der Waals surface area contributed by atoms with Gasteiger partial charge in [0.15, 0.2) is 0 Å². The summed E-state index contributed by atoms with van der Waals surface area (Å²) < 4.78 is 6.51. The van der Waals surface area contributed by atoms with Gasteiger partial charge in [0, 0.05) is 44.5 Å². The Bertz CT molecular complexity index is 1160. The summed E-state index contributed by atoms with van der Waals surface area (Å²) in [6, 6.07) is 20.6. The summed E-state index contributed by atoms with van der Waals surface area (Å²) >= 11 is 0. The second kappa shape index (κ2) is 14.4. The number of nitrogens with zero attached hydrogens (tertiary/aromatic N) is 3. The van der Waals surface area contributed by atoms with Gasteiger partial charge in [-0.2, -0.15) is 0 Å². The number of carbonyl (C=O) groups is 1. The maximum atomic E-state index is 14.2. The molecule has 3 aliphatic rings. The SMILES string of the molecule is CC1C/C=C/C(N2CCN(C/C=C/c3ccccc3)CC2)=C(/OCCC2CCCCC2)C(=O)N1c1ccccc1. The summed E-state index contributed by atoms with van der Waals surface area (Å²) in [5.41, 5.74) is 3.11. The molecule has 2 aromatic rings. The van der Waals surface area contributed by atoms with Crippen LogP contribution < -0.4 is 4.90 Å². The number of rotatable bonds is 9. The van der Waals surface area contributed by atoms with Gasteiger partial charge in [-0.05, 0) is 49.5 Å². The number of amides is 1. The fourth-order valence-electron chi connectivity index (χ4n) is 6.20. The molecule has 2 heterocycles. The Hall–Kier alpha value is -3.31. The van der Waals surface area contributed by atoms with Gasteiger partial charge in [0.25, 0.3) is 5.91 Å². The highest BCUT2D eigenvalue weighted by atomic mass is 16.5. The molecule has 2 aliphatic heterocycles. The topological polar surface area (TPSA) is 36.0 Å². The molecule has 0 bridgehead atoms. The number of hydrogen-bond donors (Lipinski definition) is 0. The maximum absolute atomic E-state index is 14.2. The van der Waals surface area contributed by atoms with Gasteiger partial charge in [0.2, 0.25) is 5.76 Å². The Morgan fingerprint density at radius 2 is 1.60 bits per heavy atom. The van der Waals surface area contributed by atoms with Crippen molar-refractivity contribution in [3.05, 3.63) is 95.9 Å². The fourth-order valence-corrected chi connectivity index (χ4v) is 6.20. The first-order chi connectivity index (χ1) is 19.7. The lowest BCUT2D eigenvalue weighted by Gasteiger charge is -2.38. The lowest BCUT2D eigenvalue weighted by atomic mass is 9.87. The van der Waals surface area contributed by atoms with Crippen molar-refractivity contribution < 1.29 is 9.53 Å². The fraction of sp³-hybridized carbons (Fsp3) is 0.457. The smallest absolute Gasteiger partial charge is 0.295 e. The van der Waals surface area contributed by atoms with Crippen molar-refractivity contribution in [3.63, 3.8) is 0 Å². The van der Waals surface area contributed by atoms with E-state index in [1.807, 2.05) is 41.3 Å². The Balaban J connectivity index is 1.31. The third-order valence-corrected chi connectivity index (χ3v) is 8.56. The molecule has 1 unspecified atom stereocenters. The summed E-state index contributed by atoms with van der Waals surface area (Å²) in [6.07, 6.45) is 17.2. The average molecular weight is 540 g/mol. The number of carbonyl (C=O) groups excluding carboxylic acids is 1. The molecular weight excluding hydrogens is 494 g/mol. The Labute approximate surface area is 240 Å². The van der Waals surface area contributed by atoms with Crippen LogP contribution in [0.4, 0.5) is 5.69 Å². The van der Waals surface area contributed by atoms with Crippen molar-refractivity contribution in [1.82, 2.24) is 9.80 Å². The monoisotopic (exact) mass is 539 g/mol. The van der Waals surface area contributed by atoms with E-state index in [1.54, 1.807) is 0 Å². The van der Waals surface area contributed by atoms with Crippen molar-refractivity contribution >= 4 is 17.7 Å². The maximum Gasteiger partial charge on any atom is 0.295 e. The number of hydrogen-bond acceptors (Lipinski definition) is 4. The predicted molar refractivity (Wildman–Crippen MR) is 165 cm³/mol. The van der Waals surface area contributed by atoms with Gasteiger partial charge in [0.05, 0.1) is 12.3 Å². The minimum atomic E-state index is -0.0186. The van der Waals surface area contributed by atoms with Crippen molar-refractivity contribution in [2.45, 2.75) is 57.9 Å². The summed E-state index contributed by atoms with van der Waals surface area (Å²) in [5.74, 6) is 1.21. The van der Waals surface area contributed by atoms with Crippen LogP contribution in [0.5, 0.6) is 0 Å². The molecule has 1 atom stereocenters. The minimum absolute atomic E-state index is 0.0186. The highest BCUT2D eigenvalue weighted by Crippen LogP contribution is 2.30. The van der Waals surface area contributed by atoms with Crippen LogP contribution in [-0.2, 0) is 9.53 Å². The lowest BCUT2D eigenvalue weighted by molar-refractivity contribution is -0.119. The van der Waals surface area contributed by atoms with Crippen LogP contribution in [0.2, 0.25) is 0 Å². The number of benzene rings is 2.